The number of nitrogens with one attached hydrogen (secondary N) is 1. The minimum absolute atomic E-state index is 0.224. The van der Waals surface area contributed by atoms with E-state index in [-0.39, 0.29) is 11.8 Å². The van der Waals surface area contributed by atoms with Gasteiger partial charge in [-0.1, -0.05) is 36.4 Å². The Morgan fingerprint density at radius 2 is 1.43 bits per heavy atom. The van der Waals surface area contributed by atoms with E-state index < -0.39 is 18.1 Å². The fourth-order valence-electron chi connectivity index (χ4n) is 3.34. The van der Waals surface area contributed by atoms with Crippen molar-refractivity contribution in [2.75, 3.05) is 31.1 Å². The van der Waals surface area contributed by atoms with Gasteiger partial charge in [0.25, 0.3) is 11.8 Å². The second-order valence-corrected chi connectivity index (χ2v) is 7.29. The van der Waals surface area contributed by atoms with Crippen LogP contribution in [0.25, 0.3) is 0 Å². The first-order chi connectivity index (χ1) is 14.5. The van der Waals surface area contributed by atoms with Gasteiger partial charge in [0.15, 0.2) is 6.10 Å². The summed E-state index contributed by atoms with van der Waals surface area (Å²) >= 11 is 0. The molecule has 1 heterocycles. The third-order valence-electron chi connectivity index (χ3n) is 5.09. The summed E-state index contributed by atoms with van der Waals surface area (Å²) in [4.78, 5) is 41.1. The van der Waals surface area contributed by atoms with Crippen LogP contribution in [0.2, 0.25) is 0 Å². The maximum Gasteiger partial charge on any atom is 0.329 e. The molecule has 0 aliphatic carbocycles. The van der Waals surface area contributed by atoms with Crippen molar-refractivity contribution in [3.8, 4) is 0 Å². The van der Waals surface area contributed by atoms with Gasteiger partial charge in [0.2, 0.25) is 0 Å². The Kier molecular flexibility index (Phi) is 7.06. The summed E-state index contributed by atoms with van der Waals surface area (Å²) in [6, 6.07) is 17.8. The Bertz CT molecular complexity index is 865. The average Bonchev–Trinajstić information content (AvgIpc) is 2.79. The molecule has 2 aromatic rings. The summed E-state index contributed by atoms with van der Waals surface area (Å²) < 4.78 is 5.32. The van der Waals surface area contributed by atoms with E-state index in [2.05, 4.69) is 10.2 Å². The van der Waals surface area contributed by atoms with Crippen molar-refractivity contribution in [1.29, 1.82) is 0 Å². The third-order valence-corrected chi connectivity index (χ3v) is 5.09. The van der Waals surface area contributed by atoms with E-state index in [1.54, 1.807) is 49.1 Å². The lowest BCUT2D eigenvalue weighted by molar-refractivity contribution is -0.160. The molecule has 7 nitrogen and oxygen atoms in total. The monoisotopic (exact) mass is 409 g/mol. The van der Waals surface area contributed by atoms with Crippen LogP contribution in [-0.2, 0) is 14.3 Å². The van der Waals surface area contributed by atoms with Gasteiger partial charge in [-0.05, 0) is 38.1 Å². The van der Waals surface area contributed by atoms with Crippen molar-refractivity contribution in [2.24, 2.45) is 0 Å². The van der Waals surface area contributed by atoms with Crippen LogP contribution in [0.5, 0.6) is 0 Å². The Labute approximate surface area is 176 Å². The van der Waals surface area contributed by atoms with Gasteiger partial charge >= 0.3 is 5.97 Å². The molecule has 0 aromatic heterocycles. The molecule has 158 valence electrons. The lowest BCUT2D eigenvalue weighted by Crippen LogP contribution is -2.52. The van der Waals surface area contributed by atoms with Gasteiger partial charge in [-0.3, -0.25) is 9.59 Å². The van der Waals surface area contributed by atoms with E-state index in [9.17, 15) is 14.4 Å². The maximum absolute atomic E-state index is 12.7. The van der Waals surface area contributed by atoms with E-state index in [1.165, 1.54) is 0 Å². The zero-order valence-corrected chi connectivity index (χ0v) is 17.3. The number of hydrogen-bond donors (Lipinski definition) is 1. The van der Waals surface area contributed by atoms with Crippen LogP contribution in [0, 0.1) is 0 Å². The maximum atomic E-state index is 12.7. The van der Waals surface area contributed by atoms with Gasteiger partial charge in [0, 0.05) is 37.4 Å². The molecule has 2 atom stereocenters. The first-order valence-electron chi connectivity index (χ1n) is 10.1. The van der Waals surface area contributed by atoms with Crippen molar-refractivity contribution in [2.45, 2.75) is 26.0 Å². The van der Waals surface area contributed by atoms with Crippen molar-refractivity contribution < 1.29 is 19.1 Å². The minimum Gasteiger partial charge on any atom is -0.451 e. The molecular formula is C23H27N3O4. The molecule has 1 aliphatic heterocycles. The van der Waals surface area contributed by atoms with Crippen molar-refractivity contribution in [1.82, 2.24) is 10.2 Å². The summed E-state index contributed by atoms with van der Waals surface area (Å²) in [5, 5.41) is 2.60. The largest absolute Gasteiger partial charge is 0.451 e. The number of nitrogens with zero attached hydrogens (tertiary/aromatic N) is 2. The first-order valence-corrected chi connectivity index (χ1v) is 10.1. The molecule has 1 aliphatic rings. The Hall–Kier alpha value is -3.35. The van der Waals surface area contributed by atoms with Gasteiger partial charge in [-0.15, -0.1) is 0 Å². The number of piperazine rings is 1. The molecule has 7 heteroatoms. The molecule has 3 rings (SSSR count). The summed E-state index contributed by atoms with van der Waals surface area (Å²) in [7, 11) is 0. The van der Waals surface area contributed by atoms with Crippen molar-refractivity contribution >= 4 is 23.5 Å². The average molecular weight is 409 g/mol. The number of ether oxygens (including phenoxy) is 1. The van der Waals surface area contributed by atoms with E-state index in [4.69, 9.17) is 4.74 Å². The Balaban J connectivity index is 1.47. The number of carbonyl (C=O) groups excluding carboxylic acids is 3. The lowest BCUT2D eigenvalue weighted by Gasteiger charge is -2.37. The van der Waals surface area contributed by atoms with Gasteiger partial charge in [-0.25, -0.2) is 4.79 Å². The first kappa shape index (κ1) is 21.4. The molecule has 1 fully saturated rings. The second-order valence-electron chi connectivity index (χ2n) is 7.29. The molecule has 2 amide bonds. The molecule has 0 saturated carbocycles. The normalized spacial score (nSPS) is 15.8. The second kappa shape index (κ2) is 9.91. The highest BCUT2D eigenvalue weighted by Crippen LogP contribution is 2.16. The van der Waals surface area contributed by atoms with Gasteiger partial charge < -0.3 is 19.9 Å². The fourth-order valence-corrected chi connectivity index (χ4v) is 3.34. The third kappa shape index (κ3) is 5.37. The topological polar surface area (TPSA) is 78.9 Å². The van der Waals surface area contributed by atoms with Crippen LogP contribution >= 0.6 is 0 Å². The van der Waals surface area contributed by atoms with Gasteiger partial charge in [-0.2, -0.15) is 0 Å². The minimum atomic E-state index is -0.906. The zero-order chi connectivity index (χ0) is 21.5. The van der Waals surface area contributed by atoms with E-state index in [1.807, 2.05) is 30.3 Å². The van der Waals surface area contributed by atoms with E-state index in [0.29, 0.717) is 18.7 Å². The van der Waals surface area contributed by atoms with Crippen LogP contribution < -0.4 is 10.2 Å². The number of benzene rings is 2. The molecule has 0 bridgehead atoms. The number of hydrogen-bond acceptors (Lipinski definition) is 5. The predicted molar refractivity (Wildman–Crippen MR) is 114 cm³/mol. The number of carbonyl (C=O) groups is 3. The van der Waals surface area contributed by atoms with Crippen LogP contribution in [-0.4, -0.2) is 61.0 Å². The number of rotatable bonds is 6. The van der Waals surface area contributed by atoms with Crippen LogP contribution in [0.3, 0.4) is 0 Å². The number of esters is 1. The summed E-state index contributed by atoms with van der Waals surface area (Å²) in [6.45, 7) is 5.68. The summed E-state index contributed by atoms with van der Waals surface area (Å²) in [5.41, 5.74) is 1.59. The standard InChI is InChI=1S/C23H27N3O4/c1-17(24-21(27)19-9-5-3-6-10-19)23(29)30-18(2)22(28)26-15-13-25(14-16-26)20-11-7-4-8-12-20/h3-12,17-18H,13-16H2,1-2H3,(H,24,27)/t17-,18+/m0/s1. The van der Waals surface area contributed by atoms with E-state index >= 15 is 0 Å². The molecule has 0 unspecified atom stereocenters. The smallest absolute Gasteiger partial charge is 0.329 e. The molecule has 0 spiro atoms. The molecule has 1 N–H and O–H groups in total. The Morgan fingerprint density at radius 3 is 2.03 bits per heavy atom. The van der Waals surface area contributed by atoms with Crippen LogP contribution in [0.15, 0.2) is 60.7 Å². The molecule has 30 heavy (non-hydrogen) atoms. The highest BCUT2D eigenvalue weighted by Gasteiger charge is 2.29. The van der Waals surface area contributed by atoms with Crippen molar-refractivity contribution in [3.05, 3.63) is 66.2 Å². The highest BCUT2D eigenvalue weighted by molar-refractivity contribution is 5.96. The quantitative estimate of drug-likeness (QED) is 0.739. The SMILES string of the molecule is C[C@H](NC(=O)c1ccccc1)C(=O)O[C@H](C)C(=O)N1CCN(c2ccccc2)CC1. The highest BCUT2D eigenvalue weighted by atomic mass is 16.5. The molecule has 1 saturated heterocycles. The molecular weight excluding hydrogens is 382 g/mol. The van der Waals surface area contributed by atoms with Gasteiger partial charge in [0.05, 0.1) is 0 Å². The van der Waals surface area contributed by atoms with Crippen LogP contribution in [0.4, 0.5) is 5.69 Å². The van der Waals surface area contributed by atoms with Crippen molar-refractivity contribution in [3.63, 3.8) is 0 Å². The number of para-hydroxylation sites is 1. The zero-order valence-electron chi connectivity index (χ0n) is 17.3. The van der Waals surface area contributed by atoms with Gasteiger partial charge in [0.1, 0.15) is 6.04 Å². The fraction of sp³-hybridized carbons (Fsp3) is 0.348. The Morgan fingerprint density at radius 1 is 0.867 bits per heavy atom. The lowest BCUT2D eigenvalue weighted by atomic mass is 10.2. The number of anilines is 1. The molecule has 0 radical (unpaired) electrons. The summed E-state index contributed by atoms with van der Waals surface area (Å²) in [6.07, 6.45) is -0.906. The molecule has 2 aromatic carbocycles. The summed E-state index contributed by atoms with van der Waals surface area (Å²) in [5.74, 6) is -1.23. The predicted octanol–water partition coefficient (Wildman–Crippen LogP) is 2.09. The van der Waals surface area contributed by atoms with Crippen LogP contribution in [0.1, 0.15) is 24.2 Å². The number of amides is 2. The van der Waals surface area contributed by atoms with E-state index in [0.717, 1.165) is 18.8 Å².